The highest BCUT2D eigenvalue weighted by Crippen LogP contribution is 2.12. The molecule has 0 saturated carbocycles. The van der Waals surface area contributed by atoms with Crippen LogP contribution in [0.15, 0.2) is 6.07 Å². The molecule has 1 N–H and O–H groups in total. The fourth-order valence-electron chi connectivity index (χ4n) is 1.51. The molecule has 0 aromatic carbocycles. The van der Waals surface area contributed by atoms with Crippen molar-refractivity contribution < 1.29 is 9.47 Å². The minimum Gasteiger partial charge on any atom is -0.481 e. The lowest BCUT2D eigenvalue weighted by molar-refractivity contribution is 0.0492. The van der Waals surface area contributed by atoms with Crippen LogP contribution in [0, 0.1) is 6.92 Å². The predicted octanol–water partition coefficient (Wildman–Crippen LogP) is 0.453. The van der Waals surface area contributed by atoms with Crippen LogP contribution < -0.4 is 10.2 Å². The molecule has 88 valence electrons. The third-order valence-corrected chi connectivity index (χ3v) is 2.31. The molecule has 6 heteroatoms. The van der Waals surface area contributed by atoms with Gasteiger partial charge in [-0.3, -0.25) is 5.43 Å². The molecule has 16 heavy (non-hydrogen) atoms. The van der Waals surface area contributed by atoms with Crippen LogP contribution in [0.5, 0.6) is 5.88 Å². The molecular formula is C10H16N4O2. The summed E-state index contributed by atoms with van der Waals surface area (Å²) in [5.74, 6) is 1.14. The van der Waals surface area contributed by atoms with Crippen LogP contribution in [0.4, 0.5) is 5.95 Å². The maximum absolute atomic E-state index is 5.26. The third kappa shape index (κ3) is 2.80. The lowest BCUT2D eigenvalue weighted by atomic mass is 10.4. The summed E-state index contributed by atoms with van der Waals surface area (Å²) in [5, 5.41) is 2.04. The van der Waals surface area contributed by atoms with Gasteiger partial charge in [0.05, 0.1) is 20.3 Å². The molecule has 1 aliphatic rings. The van der Waals surface area contributed by atoms with E-state index in [0.717, 1.165) is 32.0 Å². The van der Waals surface area contributed by atoms with Crippen LogP contribution in [-0.2, 0) is 4.74 Å². The zero-order valence-electron chi connectivity index (χ0n) is 9.56. The van der Waals surface area contributed by atoms with Crippen molar-refractivity contribution in [2.45, 2.75) is 6.92 Å². The van der Waals surface area contributed by atoms with Crippen molar-refractivity contribution in [1.29, 1.82) is 0 Å². The number of anilines is 1. The Morgan fingerprint density at radius 1 is 1.38 bits per heavy atom. The van der Waals surface area contributed by atoms with E-state index in [1.165, 1.54) is 0 Å². The zero-order valence-corrected chi connectivity index (χ0v) is 9.56. The summed E-state index contributed by atoms with van der Waals surface area (Å²) in [6.07, 6.45) is 0. The van der Waals surface area contributed by atoms with E-state index < -0.39 is 0 Å². The SMILES string of the molecule is COc1cc(C)nc(NN2CCOCC2)n1. The molecule has 6 nitrogen and oxygen atoms in total. The maximum atomic E-state index is 5.26. The Morgan fingerprint density at radius 3 is 2.81 bits per heavy atom. The van der Waals surface area contributed by atoms with Gasteiger partial charge >= 0.3 is 0 Å². The number of aromatic nitrogens is 2. The van der Waals surface area contributed by atoms with Gasteiger partial charge in [0.15, 0.2) is 0 Å². The lowest BCUT2D eigenvalue weighted by Gasteiger charge is -2.26. The maximum Gasteiger partial charge on any atom is 0.241 e. The number of hydrogen-bond acceptors (Lipinski definition) is 6. The van der Waals surface area contributed by atoms with Crippen LogP contribution in [0.25, 0.3) is 0 Å². The molecule has 0 unspecified atom stereocenters. The molecule has 0 amide bonds. The first kappa shape index (κ1) is 11.1. The van der Waals surface area contributed by atoms with E-state index in [-0.39, 0.29) is 0 Å². The molecule has 2 rings (SSSR count). The molecule has 2 heterocycles. The quantitative estimate of drug-likeness (QED) is 0.804. The first-order valence-corrected chi connectivity index (χ1v) is 5.27. The van der Waals surface area contributed by atoms with Gasteiger partial charge in [-0.25, -0.2) is 9.99 Å². The Morgan fingerprint density at radius 2 is 2.12 bits per heavy atom. The summed E-state index contributed by atoms with van der Waals surface area (Å²) in [6.45, 7) is 5.04. The summed E-state index contributed by atoms with van der Waals surface area (Å²) < 4.78 is 10.3. The van der Waals surface area contributed by atoms with Crippen molar-refractivity contribution >= 4 is 5.95 Å². The largest absolute Gasteiger partial charge is 0.481 e. The first-order chi connectivity index (χ1) is 7.78. The molecule has 0 bridgehead atoms. The highest BCUT2D eigenvalue weighted by atomic mass is 16.5. The summed E-state index contributed by atoms with van der Waals surface area (Å²) in [6, 6.07) is 1.80. The summed E-state index contributed by atoms with van der Waals surface area (Å²) in [5.41, 5.74) is 4.02. The van der Waals surface area contributed by atoms with E-state index in [1.807, 2.05) is 11.9 Å². The van der Waals surface area contributed by atoms with E-state index in [0.29, 0.717) is 11.8 Å². The van der Waals surface area contributed by atoms with Crippen LogP contribution in [0.2, 0.25) is 0 Å². The molecule has 0 spiro atoms. The van der Waals surface area contributed by atoms with Crippen molar-refractivity contribution in [2.24, 2.45) is 0 Å². The van der Waals surface area contributed by atoms with Gasteiger partial charge in [0, 0.05) is 24.8 Å². The summed E-state index contributed by atoms with van der Waals surface area (Å²) >= 11 is 0. The predicted molar refractivity (Wildman–Crippen MR) is 59.3 cm³/mol. The zero-order chi connectivity index (χ0) is 11.4. The van der Waals surface area contributed by atoms with Gasteiger partial charge in [-0.05, 0) is 6.92 Å². The Bertz CT molecular complexity index is 353. The molecule has 1 aliphatic heterocycles. The van der Waals surface area contributed by atoms with E-state index in [2.05, 4.69) is 15.4 Å². The van der Waals surface area contributed by atoms with E-state index in [9.17, 15) is 0 Å². The van der Waals surface area contributed by atoms with Crippen molar-refractivity contribution in [3.63, 3.8) is 0 Å². The van der Waals surface area contributed by atoms with Crippen molar-refractivity contribution in [2.75, 3.05) is 38.8 Å². The number of morpholine rings is 1. The number of hydrogen-bond donors (Lipinski definition) is 1. The Labute approximate surface area is 94.6 Å². The van der Waals surface area contributed by atoms with Crippen molar-refractivity contribution in [3.8, 4) is 5.88 Å². The lowest BCUT2D eigenvalue weighted by Crippen LogP contribution is -2.40. The average Bonchev–Trinajstić information content (AvgIpc) is 2.29. The number of nitrogens with zero attached hydrogens (tertiary/aromatic N) is 3. The molecule has 1 aromatic heterocycles. The average molecular weight is 224 g/mol. The highest BCUT2D eigenvalue weighted by molar-refractivity contribution is 5.29. The number of aryl methyl sites for hydroxylation is 1. The third-order valence-electron chi connectivity index (χ3n) is 2.31. The topological polar surface area (TPSA) is 59.5 Å². The normalized spacial score (nSPS) is 17.1. The number of ether oxygens (including phenoxy) is 2. The number of hydrazine groups is 1. The number of nitrogens with one attached hydrogen (secondary N) is 1. The van der Waals surface area contributed by atoms with Gasteiger partial charge < -0.3 is 9.47 Å². The van der Waals surface area contributed by atoms with Crippen LogP contribution in [0.3, 0.4) is 0 Å². The summed E-state index contributed by atoms with van der Waals surface area (Å²) in [7, 11) is 1.60. The van der Waals surface area contributed by atoms with Crippen LogP contribution in [-0.4, -0.2) is 48.4 Å². The summed E-state index contributed by atoms with van der Waals surface area (Å²) in [4.78, 5) is 8.51. The van der Waals surface area contributed by atoms with Crippen molar-refractivity contribution in [3.05, 3.63) is 11.8 Å². The molecule has 1 saturated heterocycles. The monoisotopic (exact) mass is 224 g/mol. The Hall–Kier alpha value is -1.40. The smallest absolute Gasteiger partial charge is 0.241 e. The second-order valence-electron chi connectivity index (χ2n) is 3.59. The van der Waals surface area contributed by atoms with E-state index >= 15 is 0 Å². The molecular weight excluding hydrogens is 208 g/mol. The van der Waals surface area contributed by atoms with E-state index in [1.54, 1.807) is 13.2 Å². The minimum atomic E-state index is 0.568. The second-order valence-corrected chi connectivity index (χ2v) is 3.59. The van der Waals surface area contributed by atoms with E-state index in [4.69, 9.17) is 9.47 Å². The number of rotatable bonds is 3. The van der Waals surface area contributed by atoms with Gasteiger partial charge in [-0.1, -0.05) is 0 Å². The van der Waals surface area contributed by atoms with Gasteiger partial charge in [0.2, 0.25) is 11.8 Å². The van der Waals surface area contributed by atoms with Gasteiger partial charge in [-0.15, -0.1) is 0 Å². The fraction of sp³-hybridized carbons (Fsp3) is 0.600. The Balaban J connectivity index is 2.04. The van der Waals surface area contributed by atoms with Gasteiger partial charge in [0.1, 0.15) is 0 Å². The minimum absolute atomic E-state index is 0.568. The standard InChI is InChI=1S/C10H16N4O2/c1-8-7-9(15-2)12-10(11-8)13-14-3-5-16-6-4-14/h7H,3-6H2,1-2H3,(H,11,12,13). The van der Waals surface area contributed by atoms with Crippen LogP contribution in [0.1, 0.15) is 5.69 Å². The molecule has 0 radical (unpaired) electrons. The van der Waals surface area contributed by atoms with Crippen molar-refractivity contribution in [1.82, 2.24) is 15.0 Å². The molecule has 1 aromatic rings. The molecule has 0 atom stereocenters. The highest BCUT2D eigenvalue weighted by Gasteiger charge is 2.11. The number of methoxy groups -OCH3 is 1. The Kier molecular flexibility index (Phi) is 3.53. The van der Waals surface area contributed by atoms with Gasteiger partial charge in [-0.2, -0.15) is 4.98 Å². The first-order valence-electron chi connectivity index (χ1n) is 5.27. The van der Waals surface area contributed by atoms with Crippen LogP contribution >= 0.6 is 0 Å². The second kappa shape index (κ2) is 5.09. The fourth-order valence-corrected chi connectivity index (χ4v) is 1.51. The molecule has 1 fully saturated rings. The van der Waals surface area contributed by atoms with Gasteiger partial charge in [0.25, 0.3) is 0 Å². The molecule has 0 aliphatic carbocycles.